The highest BCUT2D eigenvalue weighted by molar-refractivity contribution is 5.78. The number of hydrogen-bond acceptors (Lipinski definition) is 2. The zero-order valence-corrected chi connectivity index (χ0v) is 11.0. The molecule has 0 aliphatic carbocycles. The van der Waals surface area contributed by atoms with Crippen molar-refractivity contribution in [1.29, 1.82) is 0 Å². The summed E-state index contributed by atoms with van der Waals surface area (Å²) in [7, 11) is 0. The van der Waals surface area contributed by atoms with Crippen LogP contribution in [0.5, 0.6) is 0 Å². The van der Waals surface area contributed by atoms with Gasteiger partial charge in [0, 0.05) is 0 Å². The van der Waals surface area contributed by atoms with Gasteiger partial charge in [0.15, 0.2) is 0 Å². The second-order valence-corrected chi connectivity index (χ2v) is 4.44. The molecule has 0 aliphatic heterocycles. The van der Waals surface area contributed by atoms with E-state index in [1.54, 1.807) is 0 Å². The molecule has 0 saturated heterocycles. The SMILES string of the molecule is CCCCOC(=O)C(CC(F)(F)F)c1ccc(F)cc1. The van der Waals surface area contributed by atoms with Crippen molar-refractivity contribution >= 4 is 5.97 Å². The fraction of sp³-hybridized carbons (Fsp3) is 0.500. The third-order valence-corrected chi connectivity index (χ3v) is 2.73. The lowest BCUT2D eigenvalue weighted by Crippen LogP contribution is -2.23. The van der Waals surface area contributed by atoms with Gasteiger partial charge in [0.2, 0.25) is 0 Å². The number of carbonyl (C=O) groups is 1. The number of esters is 1. The molecule has 0 aromatic heterocycles. The summed E-state index contributed by atoms with van der Waals surface area (Å²) in [5, 5.41) is 0. The van der Waals surface area contributed by atoms with Gasteiger partial charge < -0.3 is 4.74 Å². The molecule has 2 nitrogen and oxygen atoms in total. The van der Waals surface area contributed by atoms with Crippen molar-refractivity contribution in [2.75, 3.05) is 6.61 Å². The molecule has 1 aromatic rings. The van der Waals surface area contributed by atoms with E-state index >= 15 is 0 Å². The smallest absolute Gasteiger partial charge is 0.390 e. The Balaban J connectivity index is 2.84. The molecule has 20 heavy (non-hydrogen) atoms. The Morgan fingerprint density at radius 1 is 1.25 bits per heavy atom. The average molecular weight is 292 g/mol. The van der Waals surface area contributed by atoms with Crippen molar-refractivity contribution in [3.63, 3.8) is 0 Å². The van der Waals surface area contributed by atoms with Gasteiger partial charge in [-0.15, -0.1) is 0 Å². The number of unbranched alkanes of at least 4 members (excludes halogenated alkanes) is 1. The maximum absolute atomic E-state index is 12.8. The van der Waals surface area contributed by atoms with Crippen LogP contribution in [-0.2, 0) is 9.53 Å². The molecular weight excluding hydrogens is 276 g/mol. The van der Waals surface area contributed by atoms with Gasteiger partial charge in [0.05, 0.1) is 18.9 Å². The molecule has 112 valence electrons. The lowest BCUT2D eigenvalue weighted by Gasteiger charge is -2.18. The van der Waals surface area contributed by atoms with Gasteiger partial charge in [-0.2, -0.15) is 13.2 Å². The van der Waals surface area contributed by atoms with Crippen LogP contribution in [-0.4, -0.2) is 18.8 Å². The van der Waals surface area contributed by atoms with E-state index in [0.29, 0.717) is 6.42 Å². The lowest BCUT2D eigenvalue weighted by atomic mass is 9.95. The highest BCUT2D eigenvalue weighted by atomic mass is 19.4. The summed E-state index contributed by atoms with van der Waals surface area (Å²) in [6.45, 7) is 1.96. The standard InChI is InChI=1S/C14H16F4O2/c1-2-3-8-20-13(19)12(9-14(16,17)18)10-4-6-11(15)7-5-10/h4-7,12H,2-3,8-9H2,1H3. The van der Waals surface area contributed by atoms with Crippen LogP contribution in [0.3, 0.4) is 0 Å². The Labute approximate surface area is 114 Å². The maximum Gasteiger partial charge on any atom is 0.390 e. The number of carbonyl (C=O) groups excluding carboxylic acids is 1. The first kappa shape index (κ1) is 16.5. The van der Waals surface area contributed by atoms with E-state index in [2.05, 4.69) is 0 Å². The maximum atomic E-state index is 12.8. The molecule has 0 aliphatic rings. The number of benzene rings is 1. The van der Waals surface area contributed by atoms with E-state index in [1.165, 1.54) is 12.1 Å². The summed E-state index contributed by atoms with van der Waals surface area (Å²) < 4.78 is 55.3. The fourth-order valence-corrected chi connectivity index (χ4v) is 1.68. The van der Waals surface area contributed by atoms with Crippen LogP contribution in [0.4, 0.5) is 17.6 Å². The molecule has 6 heteroatoms. The van der Waals surface area contributed by atoms with Crippen LogP contribution < -0.4 is 0 Å². The Kier molecular flexibility index (Phi) is 5.98. The van der Waals surface area contributed by atoms with Crippen molar-refractivity contribution in [2.24, 2.45) is 0 Å². The minimum absolute atomic E-state index is 0.0882. The Morgan fingerprint density at radius 3 is 2.35 bits per heavy atom. The Hall–Kier alpha value is -1.59. The predicted octanol–water partition coefficient (Wildman–Crippen LogP) is 4.21. The number of ether oxygens (including phenoxy) is 1. The largest absolute Gasteiger partial charge is 0.465 e. The molecule has 1 rings (SSSR count). The molecule has 0 N–H and O–H groups in total. The molecular formula is C14H16F4O2. The van der Waals surface area contributed by atoms with E-state index in [1.807, 2.05) is 6.92 Å². The van der Waals surface area contributed by atoms with E-state index in [9.17, 15) is 22.4 Å². The first-order chi connectivity index (χ1) is 9.33. The molecule has 0 amide bonds. The van der Waals surface area contributed by atoms with Crippen molar-refractivity contribution in [1.82, 2.24) is 0 Å². The molecule has 0 saturated carbocycles. The van der Waals surface area contributed by atoms with Gasteiger partial charge >= 0.3 is 12.1 Å². The van der Waals surface area contributed by atoms with Gasteiger partial charge in [-0.3, -0.25) is 4.79 Å². The minimum atomic E-state index is -4.50. The number of alkyl halides is 3. The normalized spacial score (nSPS) is 13.1. The number of halogens is 4. The first-order valence-corrected chi connectivity index (χ1v) is 6.32. The van der Waals surface area contributed by atoms with Gasteiger partial charge in [0.25, 0.3) is 0 Å². The van der Waals surface area contributed by atoms with Gasteiger partial charge in [-0.25, -0.2) is 4.39 Å². The van der Waals surface area contributed by atoms with E-state index < -0.39 is 30.3 Å². The fourth-order valence-electron chi connectivity index (χ4n) is 1.68. The summed E-state index contributed by atoms with van der Waals surface area (Å²) in [5.41, 5.74) is 0.102. The molecule has 0 bridgehead atoms. The third kappa shape index (κ3) is 5.59. The molecule has 1 atom stereocenters. The third-order valence-electron chi connectivity index (χ3n) is 2.73. The molecule has 1 aromatic carbocycles. The Morgan fingerprint density at radius 2 is 1.85 bits per heavy atom. The van der Waals surface area contributed by atoms with Gasteiger partial charge in [-0.1, -0.05) is 25.5 Å². The van der Waals surface area contributed by atoms with Crippen LogP contribution >= 0.6 is 0 Å². The zero-order chi connectivity index (χ0) is 15.2. The zero-order valence-electron chi connectivity index (χ0n) is 11.0. The van der Waals surface area contributed by atoms with Crippen molar-refractivity contribution in [3.8, 4) is 0 Å². The predicted molar refractivity (Wildman–Crippen MR) is 65.7 cm³/mol. The summed E-state index contributed by atoms with van der Waals surface area (Å²) >= 11 is 0. The van der Waals surface area contributed by atoms with Crippen molar-refractivity contribution in [2.45, 2.75) is 38.3 Å². The van der Waals surface area contributed by atoms with Crippen molar-refractivity contribution < 1.29 is 27.1 Å². The summed E-state index contributed by atoms with van der Waals surface area (Å²) in [5.74, 6) is -2.95. The van der Waals surface area contributed by atoms with Gasteiger partial charge in [0.1, 0.15) is 5.82 Å². The van der Waals surface area contributed by atoms with Crippen LogP contribution in [0.1, 0.15) is 37.7 Å². The number of hydrogen-bond donors (Lipinski definition) is 0. The van der Waals surface area contributed by atoms with Crippen LogP contribution in [0.15, 0.2) is 24.3 Å². The summed E-state index contributed by atoms with van der Waals surface area (Å²) in [6, 6.07) is 4.40. The van der Waals surface area contributed by atoms with E-state index in [-0.39, 0.29) is 12.2 Å². The van der Waals surface area contributed by atoms with Crippen LogP contribution in [0.2, 0.25) is 0 Å². The summed E-state index contributed by atoms with van der Waals surface area (Å²) in [4.78, 5) is 11.8. The van der Waals surface area contributed by atoms with Crippen molar-refractivity contribution in [3.05, 3.63) is 35.6 Å². The monoisotopic (exact) mass is 292 g/mol. The minimum Gasteiger partial charge on any atom is -0.465 e. The molecule has 0 spiro atoms. The van der Waals surface area contributed by atoms with E-state index in [0.717, 1.165) is 18.6 Å². The highest BCUT2D eigenvalue weighted by Gasteiger charge is 2.37. The Bertz CT molecular complexity index is 426. The topological polar surface area (TPSA) is 26.3 Å². The molecule has 1 unspecified atom stereocenters. The number of rotatable bonds is 6. The first-order valence-electron chi connectivity index (χ1n) is 6.32. The van der Waals surface area contributed by atoms with Crippen LogP contribution in [0.25, 0.3) is 0 Å². The summed E-state index contributed by atoms with van der Waals surface area (Å²) in [6.07, 6.45) is -4.45. The highest BCUT2D eigenvalue weighted by Crippen LogP contribution is 2.32. The molecule has 0 fully saturated rings. The van der Waals surface area contributed by atoms with Crippen LogP contribution in [0, 0.1) is 5.82 Å². The average Bonchev–Trinajstić information content (AvgIpc) is 2.36. The second-order valence-electron chi connectivity index (χ2n) is 4.44. The lowest BCUT2D eigenvalue weighted by molar-refractivity contribution is -0.161. The van der Waals surface area contributed by atoms with Gasteiger partial charge in [-0.05, 0) is 24.1 Å². The van der Waals surface area contributed by atoms with E-state index in [4.69, 9.17) is 4.74 Å². The quantitative estimate of drug-likeness (QED) is 0.446. The molecule has 0 heterocycles. The second kappa shape index (κ2) is 7.26. The molecule has 0 radical (unpaired) electrons.